The van der Waals surface area contributed by atoms with Gasteiger partial charge in [0.25, 0.3) is 0 Å². The number of aliphatic imine (C=N–C) groups is 1. The summed E-state index contributed by atoms with van der Waals surface area (Å²) in [5, 5.41) is 6.85. The van der Waals surface area contributed by atoms with Gasteiger partial charge in [0.15, 0.2) is 6.29 Å². The molecule has 0 amide bonds. The molecule has 1 aromatic heterocycles. The van der Waals surface area contributed by atoms with E-state index in [1.54, 1.807) is 6.20 Å². The van der Waals surface area contributed by atoms with E-state index in [0.29, 0.717) is 0 Å². The maximum absolute atomic E-state index is 4.75. The van der Waals surface area contributed by atoms with E-state index < -0.39 is 0 Å². The van der Waals surface area contributed by atoms with E-state index in [9.17, 15) is 0 Å². The molecule has 140 valence electrons. The van der Waals surface area contributed by atoms with Gasteiger partial charge in [0.2, 0.25) is 0 Å². The van der Waals surface area contributed by atoms with Gasteiger partial charge < -0.3 is 20.4 Å². The molecular weight excluding hydrogens is 326 g/mol. The fourth-order valence-corrected chi connectivity index (χ4v) is 3.94. The molecule has 0 saturated carbocycles. The molecule has 4 rings (SSSR count). The number of hydrogen-bond acceptors (Lipinski definition) is 7. The Kier molecular flexibility index (Phi) is 5.22. The maximum atomic E-state index is 4.75. The largest absolute Gasteiger partial charge is 0.358 e. The molecular formula is C19H29N7. The van der Waals surface area contributed by atoms with Crippen LogP contribution in [0.4, 0.5) is 11.6 Å². The molecule has 3 aliphatic heterocycles. The summed E-state index contributed by atoms with van der Waals surface area (Å²) < 4.78 is 0. The predicted molar refractivity (Wildman–Crippen MR) is 105 cm³/mol. The van der Waals surface area contributed by atoms with Crippen molar-refractivity contribution in [2.75, 3.05) is 36.4 Å². The van der Waals surface area contributed by atoms with Crippen molar-refractivity contribution < 1.29 is 0 Å². The zero-order chi connectivity index (χ0) is 17.8. The number of allylic oxidation sites excluding steroid dienone is 1. The highest BCUT2D eigenvalue weighted by molar-refractivity contribution is 5.73. The normalized spacial score (nSPS) is 26.3. The molecule has 2 fully saturated rings. The highest BCUT2D eigenvalue weighted by Crippen LogP contribution is 2.21. The molecule has 0 aromatic carbocycles. The molecule has 7 heteroatoms. The van der Waals surface area contributed by atoms with Crippen LogP contribution in [-0.2, 0) is 0 Å². The monoisotopic (exact) mass is 355 g/mol. The average molecular weight is 355 g/mol. The first kappa shape index (κ1) is 17.1. The van der Waals surface area contributed by atoms with Crippen molar-refractivity contribution in [1.29, 1.82) is 0 Å². The lowest BCUT2D eigenvalue weighted by atomic mass is 10.0. The molecule has 2 saturated heterocycles. The first-order valence-corrected chi connectivity index (χ1v) is 9.86. The lowest BCUT2D eigenvalue weighted by molar-refractivity contribution is 0.212. The third-order valence-electron chi connectivity index (χ3n) is 5.34. The van der Waals surface area contributed by atoms with Gasteiger partial charge >= 0.3 is 0 Å². The van der Waals surface area contributed by atoms with Gasteiger partial charge in [0.05, 0.1) is 12.4 Å². The summed E-state index contributed by atoms with van der Waals surface area (Å²) in [4.78, 5) is 18.4. The highest BCUT2D eigenvalue weighted by Gasteiger charge is 2.22. The molecule has 1 aromatic rings. The van der Waals surface area contributed by atoms with Gasteiger partial charge in [-0.1, -0.05) is 6.92 Å². The lowest BCUT2D eigenvalue weighted by Gasteiger charge is -2.36. The van der Waals surface area contributed by atoms with Crippen molar-refractivity contribution in [3.8, 4) is 0 Å². The summed E-state index contributed by atoms with van der Waals surface area (Å²) in [5.41, 5.74) is 0. The Morgan fingerprint density at radius 1 is 1.08 bits per heavy atom. The minimum Gasteiger partial charge on any atom is -0.358 e. The lowest BCUT2D eigenvalue weighted by Crippen LogP contribution is -2.45. The van der Waals surface area contributed by atoms with Crippen LogP contribution in [0.15, 0.2) is 29.3 Å². The summed E-state index contributed by atoms with van der Waals surface area (Å²) in [6, 6.07) is 0. The van der Waals surface area contributed by atoms with Crippen LogP contribution >= 0.6 is 0 Å². The Hall–Kier alpha value is -2.31. The number of aromatic nitrogens is 2. The van der Waals surface area contributed by atoms with Crippen molar-refractivity contribution in [3.05, 3.63) is 24.3 Å². The van der Waals surface area contributed by atoms with Gasteiger partial charge in [-0.05, 0) is 44.1 Å². The summed E-state index contributed by atoms with van der Waals surface area (Å²) in [5.74, 6) is 3.60. The van der Waals surface area contributed by atoms with Crippen molar-refractivity contribution in [2.45, 2.75) is 45.3 Å². The van der Waals surface area contributed by atoms with Gasteiger partial charge in [0.1, 0.15) is 17.5 Å². The van der Waals surface area contributed by atoms with E-state index in [1.807, 2.05) is 12.4 Å². The van der Waals surface area contributed by atoms with E-state index in [1.165, 1.54) is 32.1 Å². The SMILES string of the molecule is C[C@@H]1CCCN(C2=CC=NC(Nc3cncc(N4CCCCC4)n3)N2)C1. The molecule has 1 unspecified atom stereocenters. The van der Waals surface area contributed by atoms with Gasteiger partial charge in [-0.15, -0.1) is 0 Å². The molecule has 4 heterocycles. The van der Waals surface area contributed by atoms with Crippen molar-refractivity contribution >= 4 is 17.9 Å². The highest BCUT2D eigenvalue weighted by atomic mass is 15.4. The second-order valence-corrected chi connectivity index (χ2v) is 7.54. The van der Waals surface area contributed by atoms with E-state index in [4.69, 9.17) is 4.98 Å². The number of likely N-dealkylation sites (tertiary alicyclic amines) is 1. The molecule has 2 N–H and O–H groups in total. The first-order chi connectivity index (χ1) is 12.8. The Balaban J connectivity index is 1.38. The molecule has 7 nitrogen and oxygen atoms in total. The minimum absolute atomic E-state index is 0.210. The Bertz CT molecular complexity index is 666. The average Bonchev–Trinajstić information content (AvgIpc) is 2.69. The van der Waals surface area contributed by atoms with Crippen LogP contribution in [0, 0.1) is 5.92 Å². The van der Waals surface area contributed by atoms with Crippen molar-refractivity contribution in [3.63, 3.8) is 0 Å². The standard InChI is InChI=1S/C19H29N7/c1-15-6-5-11-26(14-15)17-7-8-21-19(24-17)23-16-12-20-13-18(22-16)25-9-3-2-4-10-25/h7-8,12-13,15,19,24H,2-6,9-11,14H2,1H3,(H,22,23)/t15-,19?/m1/s1. The van der Waals surface area contributed by atoms with E-state index in [-0.39, 0.29) is 6.29 Å². The smallest absolute Gasteiger partial charge is 0.196 e. The van der Waals surface area contributed by atoms with E-state index >= 15 is 0 Å². The topological polar surface area (TPSA) is 68.7 Å². The Morgan fingerprint density at radius 3 is 2.77 bits per heavy atom. The first-order valence-electron chi connectivity index (χ1n) is 9.86. The molecule has 0 aliphatic carbocycles. The number of anilines is 2. The van der Waals surface area contributed by atoms with Crippen LogP contribution in [-0.4, -0.2) is 53.6 Å². The predicted octanol–water partition coefficient (Wildman–Crippen LogP) is 2.41. The zero-order valence-electron chi connectivity index (χ0n) is 15.6. The van der Waals surface area contributed by atoms with Gasteiger partial charge in [-0.2, -0.15) is 0 Å². The number of rotatable bonds is 4. The number of nitrogens with zero attached hydrogens (tertiary/aromatic N) is 5. The van der Waals surface area contributed by atoms with Crippen molar-refractivity contribution in [1.82, 2.24) is 20.2 Å². The van der Waals surface area contributed by atoms with Crippen LogP contribution in [0.2, 0.25) is 0 Å². The zero-order valence-corrected chi connectivity index (χ0v) is 15.6. The Labute approximate surface area is 155 Å². The summed E-state index contributed by atoms with van der Waals surface area (Å²) in [6.45, 7) is 6.66. The third kappa shape index (κ3) is 4.08. The van der Waals surface area contributed by atoms with E-state index in [2.05, 4.69) is 43.4 Å². The van der Waals surface area contributed by atoms with Crippen LogP contribution in [0.1, 0.15) is 39.0 Å². The quantitative estimate of drug-likeness (QED) is 0.864. The second-order valence-electron chi connectivity index (χ2n) is 7.54. The van der Waals surface area contributed by atoms with Crippen LogP contribution in [0.5, 0.6) is 0 Å². The minimum atomic E-state index is -0.210. The van der Waals surface area contributed by atoms with Gasteiger partial charge in [-0.3, -0.25) is 4.98 Å². The fourth-order valence-electron chi connectivity index (χ4n) is 3.94. The van der Waals surface area contributed by atoms with Gasteiger partial charge in [0, 0.05) is 32.4 Å². The summed E-state index contributed by atoms with van der Waals surface area (Å²) >= 11 is 0. The van der Waals surface area contributed by atoms with Crippen LogP contribution < -0.4 is 15.5 Å². The second kappa shape index (κ2) is 7.93. The van der Waals surface area contributed by atoms with Crippen LogP contribution in [0.3, 0.4) is 0 Å². The summed E-state index contributed by atoms with van der Waals surface area (Å²) in [7, 11) is 0. The van der Waals surface area contributed by atoms with Crippen LogP contribution in [0.25, 0.3) is 0 Å². The number of hydrogen-bond donors (Lipinski definition) is 2. The molecule has 3 aliphatic rings. The van der Waals surface area contributed by atoms with E-state index in [0.717, 1.165) is 49.6 Å². The van der Waals surface area contributed by atoms with Gasteiger partial charge in [-0.25, -0.2) is 9.98 Å². The number of piperidine rings is 2. The Morgan fingerprint density at radius 2 is 1.92 bits per heavy atom. The third-order valence-corrected chi connectivity index (χ3v) is 5.34. The molecule has 0 radical (unpaired) electrons. The molecule has 0 bridgehead atoms. The van der Waals surface area contributed by atoms with Crippen molar-refractivity contribution in [2.24, 2.45) is 10.9 Å². The molecule has 26 heavy (non-hydrogen) atoms. The maximum Gasteiger partial charge on any atom is 0.196 e. The summed E-state index contributed by atoms with van der Waals surface area (Å²) in [6.07, 6.45) is 13.7. The molecule has 2 atom stereocenters. The molecule has 0 spiro atoms. The number of nitrogens with one attached hydrogen (secondary N) is 2. The fraction of sp³-hybridized carbons (Fsp3) is 0.632.